The fourth-order valence-electron chi connectivity index (χ4n) is 8.62. The van der Waals surface area contributed by atoms with Crippen LogP contribution in [0.4, 0.5) is 0 Å². The van der Waals surface area contributed by atoms with Gasteiger partial charge in [0, 0.05) is 22.7 Å². The van der Waals surface area contributed by atoms with Crippen molar-refractivity contribution in [2.45, 2.75) is 72.3 Å². The predicted octanol–water partition coefficient (Wildman–Crippen LogP) is 3.69. The Balaban J connectivity index is 1.67. The molecule has 0 aliphatic heterocycles. The zero-order chi connectivity index (χ0) is 18.0. The van der Waals surface area contributed by atoms with Crippen LogP contribution in [0.15, 0.2) is 12.2 Å². The summed E-state index contributed by atoms with van der Waals surface area (Å²) < 4.78 is 0. The molecule has 4 fully saturated rings. The van der Waals surface area contributed by atoms with Crippen LogP contribution in [-0.2, 0) is 9.59 Å². The molecule has 0 aromatic heterocycles. The zero-order valence-corrected chi connectivity index (χ0v) is 15.9. The maximum absolute atomic E-state index is 12.7. The fourth-order valence-corrected chi connectivity index (χ4v) is 8.62. The number of hydrogen-bond donors (Lipinski definition) is 1. The molecule has 3 heteroatoms. The lowest BCUT2D eigenvalue weighted by atomic mass is 9.39. The number of ketones is 2. The summed E-state index contributed by atoms with van der Waals surface area (Å²) in [6.07, 6.45) is 8.89. The van der Waals surface area contributed by atoms with Gasteiger partial charge in [0.2, 0.25) is 0 Å². The monoisotopic (exact) mass is 342 g/mol. The molecule has 7 atom stereocenters. The highest BCUT2D eigenvalue weighted by Crippen LogP contribution is 2.87. The second-order valence-corrected chi connectivity index (χ2v) is 10.7. The van der Waals surface area contributed by atoms with Gasteiger partial charge >= 0.3 is 0 Å². The Morgan fingerprint density at radius 2 is 1.80 bits per heavy atom. The van der Waals surface area contributed by atoms with E-state index in [1.807, 2.05) is 0 Å². The van der Waals surface area contributed by atoms with Crippen LogP contribution in [-0.4, -0.2) is 22.8 Å². The van der Waals surface area contributed by atoms with E-state index in [0.29, 0.717) is 24.5 Å². The van der Waals surface area contributed by atoms with E-state index in [1.165, 1.54) is 0 Å². The van der Waals surface area contributed by atoms with E-state index in [2.05, 4.69) is 33.8 Å². The predicted molar refractivity (Wildman–Crippen MR) is 94.7 cm³/mol. The Kier molecular flexibility index (Phi) is 2.68. The summed E-state index contributed by atoms with van der Waals surface area (Å²) in [5.74, 6) is 1.17. The average Bonchev–Trinajstić information content (AvgIpc) is 3.17. The van der Waals surface area contributed by atoms with Gasteiger partial charge in [0.15, 0.2) is 5.78 Å². The quantitative estimate of drug-likeness (QED) is 0.730. The molecule has 0 saturated heterocycles. The first-order valence-electron chi connectivity index (χ1n) is 10.0. The maximum atomic E-state index is 12.7. The van der Waals surface area contributed by atoms with Crippen LogP contribution in [0.2, 0.25) is 0 Å². The average molecular weight is 342 g/mol. The van der Waals surface area contributed by atoms with Crippen molar-refractivity contribution >= 4 is 11.6 Å². The summed E-state index contributed by atoms with van der Waals surface area (Å²) in [4.78, 5) is 25.2. The Bertz CT molecular complexity index is 736. The van der Waals surface area contributed by atoms with E-state index in [4.69, 9.17) is 0 Å². The van der Waals surface area contributed by atoms with Gasteiger partial charge in [0.05, 0.1) is 6.10 Å². The number of allylic oxidation sites excluding steroid dienone is 2. The highest BCUT2D eigenvalue weighted by molar-refractivity contribution is 5.96. The largest absolute Gasteiger partial charge is 0.393 e. The second kappa shape index (κ2) is 4.13. The van der Waals surface area contributed by atoms with Crippen molar-refractivity contribution in [1.82, 2.24) is 0 Å². The molecule has 0 aromatic rings. The summed E-state index contributed by atoms with van der Waals surface area (Å²) in [6.45, 7) is 8.71. The Morgan fingerprint density at radius 1 is 1.08 bits per heavy atom. The third-order valence-corrected chi connectivity index (χ3v) is 10.1. The third kappa shape index (κ3) is 1.41. The van der Waals surface area contributed by atoms with E-state index in [1.54, 1.807) is 6.08 Å². The molecule has 0 aromatic carbocycles. The molecule has 1 N–H and O–H groups in total. The van der Waals surface area contributed by atoms with Gasteiger partial charge in [-0.1, -0.05) is 33.8 Å². The smallest absolute Gasteiger partial charge is 0.161 e. The molecule has 0 bridgehead atoms. The zero-order valence-electron chi connectivity index (χ0n) is 15.9. The van der Waals surface area contributed by atoms with Crippen LogP contribution in [0.1, 0.15) is 66.2 Å². The molecule has 5 aliphatic rings. The lowest BCUT2D eigenvalue weighted by Gasteiger charge is -2.65. The molecule has 0 heterocycles. The Hall–Kier alpha value is -0.960. The van der Waals surface area contributed by atoms with Gasteiger partial charge in [-0.3, -0.25) is 9.59 Å². The highest BCUT2D eigenvalue weighted by Gasteiger charge is 2.85. The van der Waals surface area contributed by atoms with E-state index < -0.39 is 11.5 Å². The van der Waals surface area contributed by atoms with Crippen molar-refractivity contribution < 1.29 is 14.7 Å². The van der Waals surface area contributed by atoms with Crippen LogP contribution < -0.4 is 0 Å². The Morgan fingerprint density at radius 3 is 2.52 bits per heavy atom. The van der Waals surface area contributed by atoms with E-state index in [0.717, 1.165) is 25.7 Å². The van der Waals surface area contributed by atoms with Gasteiger partial charge in [-0.25, -0.2) is 0 Å². The molecule has 25 heavy (non-hydrogen) atoms. The minimum atomic E-state index is -0.424. The standard InChI is InChI=1S/C22H30O3/c1-18(2)14-11-17(25)20(4)13(19(14,3)8-6-15(18)23)5-9-21-12-22(20,21)10-7-16(21)24/h6,8,13-14,17,25H,5,7,9-12H2,1-4H3/t13-,14+,17-,19-,20+,21-,22-/m1/s1. The minimum Gasteiger partial charge on any atom is -0.393 e. The molecule has 0 unspecified atom stereocenters. The normalized spacial score (nSPS) is 58.2. The van der Waals surface area contributed by atoms with Crippen LogP contribution in [0.5, 0.6) is 0 Å². The minimum absolute atomic E-state index is 0.0207. The van der Waals surface area contributed by atoms with Gasteiger partial charge in [-0.05, 0) is 60.8 Å². The van der Waals surface area contributed by atoms with Crippen molar-refractivity contribution in [3.63, 3.8) is 0 Å². The fraction of sp³-hybridized carbons (Fsp3) is 0.818. The maximum Gasteiger partial charge on any atom is 0.161 e. The summed E-state index contributed by atoms with van der Waals surface area (Å²) >= 11 is 0. The number of Topliss-reactive ketones (excluding diaryl/α,β-unsaturated/α-hetero) is 1. The third-order valence-electron chi connectivity index (χ3n) is 10.1. The highest BCUT2D eigenvalue weighted by atomic mass is 16.3. The molecule has 5 aliphatic carbocycles. The number of rotatable bonds is 0. The first-order valence-corrected chi connectivity index (χ1v) is 10.0. The molecule has 5 rings (SSSR count). The van der Waals surface area contributed by atoms with Crippen molar-refractivity contribution in [2.24, 2.45) is 38.9 Å². The summed E-state index contributed by atoms with van der Waals surface area (Å²) in [5, 5.41) is 11.4. The van der Waals surface area contributed by atoms with Gasteiger partial charge in [0.25, 0.3) is 0 Å². The molecule has 0 radical (unpaired) electrons. The van der Waals surface area contributed by atoms with Gasteiger partial charge in [-0.15, -0.1) is 0 Å². The summed E-state index contributed by atoms with van der Waals surface area (Å²) in [6, 6.07) is 0. The van der Waals surface area contributed by atoms with E-state index >= 15 is 0 Å². The van der Waals surface area contributed by atoms with Crippen LogP contribution in [0.3, 0.4) is 0 Å². The number of fused-ring (bicyclic) bond motifs is 3. The number of aliphatic hydroxyl groups excluding tert-OH is 1. The molecule has 136 valence electrons. The Labute approximate surface area is 150 Å². The molecule has 0 amide bonds. The van der Waals surface area contributed by atoms with E-state index in [-0.39, 0.29) is 33.4 Å². The van der Waals surface area contributed by atoms with Crippen LogP contribution >= 0.6 is 0 Å². The van der Waals surface area contributed by atoms with Crippen molar-refractivity contribution in [3.05, 3.63) is 12.2 Å². The van der Waals surface area contributed by atoms with Gasteiger partial charge in [-0.2, -0.15) is 0 Å². The molecular weight excluding hydrogens is 312 g/mol. The van der Waals surface area contributed by atoms with Crippen molar-refractivity contribution in [2.75, 3.05) is 0 Å². The molecular formula is C22H30O3. The summed E-state index contributed by atoms with van der Waals surface area (Å²) in [7, 11) is 0. The SMILES string of the molecule is CC1(C)C(=O)C=C[C@]2(C)[C@H]3CC[C@]45C[C@]4(CCC5=O)[C@]3(C)[C@H](O)C[C@@H]12. The first kappa shape index (κ1) is 16.2. The summed E-state index contributed by atoms with van der Waals surface area (Å²) in [5.41, 5.74) is -0.796. The lowest BCUT2D eigenvalue weighted by Crippen LogP contribution is -2.64. The lowest BCUT2D eigenvalue weighted by molar-refractivity contribution is -0.199. The number of carbonyl (C=O) groups is 2. The number of carbonyl (C=O) groups excluding carboxylic acids is 2. The topological polar surface area (TPSA) is 54.4 Å². The van der Waals surface area contributed by atoms with Crippen LogP contribution in [0, 0.1) is 38.9 Å². The van der Waals surface area contributed by atoms with Gasteiger partial charge in [0.1, 0.15) is 5.78 Å². The molecule has 3 nitrogen and oxygen atoms in total. The van der Waals surface area contributed by atoms with Crippen LogP contribution in [0.25, 0.3) is 0 Å². The molecule has 4 saturated carbocycles. The second-order valence-electron chi connectivity index (χ2n) is 10.7. The van der Waals surface area contributed by atoms with E-state index in [9.17, 15) is 14.7 Å². The first-order chi connectivity index (χ1) is 11.6. The number of aliphatic hydroxyl groups is 1. The number of hydrogen-bond acceptors (Lipinski definition) is 3. The molecule has 0 spiro atoms. The van der Waals surface area contributed by atoms with Crippen molar-refractivity contribution in [3.8, 4) is 0 Å². The van der Waals surface area contributed by atoms with Crippen molar-refractivity contribution in [1.29, 1.82) is 0 Å². The van der Waals surface area contributed by atoms with Gasteiger partial charge < -0.3 is 5.11 Å².